The molecular weight excluding hydrogens is 310 g/mol. The Labute approximate surface area is 148 Å². The summed E-state index contributed by atoms with van der Waals surface area (Å²) in [5, 5.41) is 18.1. The molecule has 2 aliphatic heterocycles. The van der Waals surface area contributed by atoms with E-state index in [0.29, 0.717) is 17.4 Å². The van der Waals surface area contributed by atoms with E-state index in [4.69, 9.17) is 0 Å². The third-order valence-corrected chi connectivity index (χ3v) is 5.66. The first-order valence-corrected chi connectivity index (χ1v) is 8.91. The number of likely N-dealkylation sites (tertiary alicyclic amines) is 1. The van der Waals surface area contributed by atoms with Gasteiger partial charge in [-0.1, -0.05) is 30.3 Å². The molecule has 0 aliphatic carbocycles. The van der Waals surface area contributed by atoms with E-state index in [2.05, 4.69) is 56.4 Å². The van der Waals surface area contributed by atoms with Gasteiger partial charge in [-0.15, -0.1) is 5.10 Å². The van der Waals surface area contributed by atoms with Crippen molar-refractivity contribution in [3.05, 3.63) is 52.7 Å². The van der Waals surface area contributed by atoms with Crippen LogP contribution in [-0.4, -0.2) is 41.3 Å². The lowest BCUT2D eigenvalue weighted by molar-refractivity contribution is 0.308. The minimum atomic E-state index is 0.652. The molecule has 0 N–H and O–H groups in total. The van der Waals surface area contributed by atoms with Crippen LogP contribution in [0.5, 0.6) is 0 Å². The topological polar surface area (TPSA) is 56.1 Å². The Bertz CT molecular complexity index is 797. The van der Waals surface area contributed by atoms with Crippen LogP contribution in [0.4, 0.5) is 5.82 Å². The zero-order valence-corrected chi connectivity index (χ0v) is 14.8. The second-order valence-electron chi connectivity index (χ2n) is 7.33. The highest BCUT2D eigenvalue weighted by Crippen LogP contribution is 2.35. The van der Waals surface area contributed by atoms with Crippen LogP contribution in [0.1, 0.15) is 22.4 Å². The highest BCUT2D eigenvalue weighted by Gasteiger charge is 2.41. The molecule has 2 atom stereocenters. The summed E-state index contributed by atoms with van der Waals surface area (Å²) in [5.41, 5.74) is 3.86. The number of hydrogen-bond acceptors (Lipinski definition) is 5. The van der Waals surface area contributed by atoms with Crippen molar-refractivity contribution in [3.63, 3.8) is 0 Å². The maximum Gasteiger partial charge on any atom is 0.169 e. The summed E-state index contributed by atoms with van der Waals surface area (Å²) in [6.07, 6.45) is 0. The lowest BCUT2D eigenvalue weighted by Crippen LogP contribution is -2.30. The molecular formula is C20H23N5. The van der Waals surface area contributed by atoms with Gasteiger partial charge in [-0.3, -0.25) is 4.90 Å². The van der Waals surface area contributed by atoms with Crippen LogP contribution in [0.3, 0.4) is 0 Å². The van der Waals surface area contributed by atoms with Crippen molar-refractivity contribution in [2.75, 3.05) is 31.1 Å². The normalized spacial score (nSPS) is 22.8. The Morgan fingerprint density at radius 2 is 1.72 bits per heavy atom. The Hall–Kier alpha value is -2.45. The smallest absolute Gasteiger partial charge is 0.169 e. The van der Waals surface area contributed by atoms with Crippen molar-refractivity contribution >= 4 is 5.82 Å². The summed E-state index contributed by atoms with van der Waals surface area (Å²) >= 11 is 0. The molecule has 0 bridgehead atoms. The number of nitriles is 1. The standard InChI is InChI=1S/C20H23N5/c1-14-15(2)22-23-20(19(14)8-21)25-12-17-10-24(11-18(17)13-25)9-16-6-4-3-5-7-16/h3-7,17-18H,9-13H2,1-2H3/t17-,18+. The molecule has 2 fully saturated rings. The zero-order valence-electron chi connectivity index (χ0n) is 14.8. The Kier molecular flexibility index (Phi) is 4.14. The molecule has 0 radical (unpaired) electrons. The average molecular weight is 333 g/mol. The SMILES string of the molecule is Cc1nnc(N2C[C@H]3CN(Cc4ccccc4)C[C@H]3C2)c(C#N)c1C. The van der Waals surface area contributed by atoms with Crippen molar-refractivity contribution in [1.29, 1.82) is 5.26 Å². The van der Waals surface area contributed by atoms with Crippen molar-refractivity contribution in [1.82, 2.24) is 15.1 Å². The number of aryl methyl sites for hydroxylation is 1. The van der Waals surface area contributed by atoms with Crippen LogP contribution < -0.4 is 4.90 Å². The predicted octanol–water partition coefficient (Wildman–Crippen LogP) is 2.53. The molecule has 5 heteroatoms. The molecule has 4 rings (SSSR count). The maximum absolute atomic E-state index is 9.54. The summed E-state index contributed by atoms with van der Waals surface area (Å²) in [7, 11) is 0. The number of aromatic nitrogens is 2. The van der Waals surface area contributed by atoms with Gasteiger partial charge in [0.25, 0.3) is 0 Å². The quantitative estimate of drug-likeness (QED) is 0.864. The molecule has 3 heterocycles. The van der Waals surface area contributed by atoms with Crippen LogP contribution in [0, 0.1) is 37.0 Å². The molecule has 2 aliphatic rings. The number of hydrogen-bond donors (Lipinski definition) is 0. The highest BCUT2D eigenvalue weighted by molar-refractivity contribution is 5.58. The first-order valence-electron chi connectivity index (χ1n) is 8.91. The Balaban J connectivity index is 1.45. The summed E-state index contributed by atoms with van der Waals surface area (Å²) < 4.78 is 0. The largest absolute Gasteiger partial charge is 0.353 e. The lowest BCUT2D eigenvalue weighted by atomic mass is 10.0. The fourth-order valence-corrected chi connectivity index (χ4v) is 4.19. The van der Waals surface area contributed by atoms with Crippen molar-refractivity contribution in [2.45, 2.75) is 20.4 Å². The minimum Gasteiger partial charge on any atom is -0.353 e. The monoisotopic (exact) mass is 333 g/mol. The van der Waals surface area contributed by atoms with Crippen molar-refractivity contribution in [2.24, 2.45) is 11.8 Å². The van der Waals surface area contributed by atoms with Gasteiger partial charge in [-0.25, -0.2) is 0 Å². The van der Waals surface area contributed by atoms with Crippen LogP contribution in [0.2, 0.25) is 0 Å². The van der Waals surface area contributed by atoms with Gasteiger partial charge in [0.1, 0.15) is 11.6 Å². The van der Waals surface area contributed by atoms with E-state index >= 15 is 0 Å². The van der Waals surface area contributed by atoms with Gasteiger partial charge in [0.2, 0.25) is 0 Å². The predicted molar refractivity (Wildman–Crippen MR) is 97.1 cm³/mol. The molecule has 2 saturated heterocycles. The summed E-state index contributed by atoms with van der Waals surface area (Å²) in [6.45, 7) is 9.09. The third-order valence-electron chi connectivity index (χ3n) is 5.66. The first kappa shape index (κ1) is 16.0. The Morgan fingerprint density at radius 1 is 1.04 bits per heavy atom. The molecule has 1 aromatic carbocycles. The summed E-state index contributed by atoms with van der Waals surface area (Å²) in [5.74, 6) is 2.08. The zero-order chi connectivity index (χ0) is 17.4. The van der Waals surface area contributed by atoms with E-state index in [1.165, 1.54) is 5.56 Å². The van der Waals surface area contributed by atoms with Gasteiger partial charge in [0, 0.05) is 32.7 Å². The fraction of sp³-hybridized carbons (Fsp3) is 0.450. The van der Waals surface area contributed by atoms with E-state index in [1.54, 1.807) is 0 Å². The summed E-state index contributed by atoms with van der Waals surface area (Å²) in [4.78, 5) is 4.83. The Morgan fingerprint density at radius 3 is 2.36 bits per heavy atom. The van der Waals surface area contributed by atoms with Crippen molar-refractivity contribution < 1.29 is 0 Å². The van der Waals surface area contributed by atoms with Gasteiger partial charge < -0.3 is 4.90 Å². The number of rotatable bonds is 3. The second kappa shape index (κ2) is 6.45. The molecule has 1 aromatic heterocycles. The second-order valence-corrected chi connectivity index (χ2v) is 7.33. The maximum atomic E-state index is 9.54. The number of anilines is 1. The summed E-state index contributed by atoms with van der Waals surface area (Å²) in [6, 6.07) is 13.0. The van der Waals surface area contributed by atoms with E-state index < -0.39 is 0 Å². The lowest BCUT2D eigenvalue weighted by Gasteiger charge is -2.23. The van der Waals surface area contributed by atoms with Gasteiger partial charge in [-0.05, 0) is 36.8 Å². The third kappa shape index (κ3) is 2.98. The highest BCUT2D eigenvalue weighted by atomic mass is 15.3. The van der Waals surface area contributed by atoms with E-state index in [0.717, 1.165) is 49.8 Å². The average Bonchev–Trinajstić information content (AvgIpc) is 3.16. The molecule has 0 unspecified atom stereocenters. The van der Waals surface area contributed by atoms with Gasteiger partial charge >= 0.3 is 0 Å². The van der Waals surface area contributed by atoms with Crippen LogP contribution in [0.25, 0.3) is 0 Å². The first-order chi connectivity index (χ1) is 12.2. The van der Waals surface area contributed by atoms with Crippen LogP contribution in [-0.2, 0) is 6.54 Å². The minimum absolute atomic E-state index is 0.652. The molecule has 2 aromatic rings. The number of fused-ring (bicyclic) bond motifs is 1. The molecule has 128 valence electrons. The number of nitrogens with zero attached hydrogens (tertiary/aromatic N) is 5. The molecule has 25 heavy (non-hydrogen) atoms. The molecule has 0 spiro atoms. The van der Waals surface area contributed by atoms with Gasteiger partial charge in [0.05, 0.1) is 5.69 Å². The van der Waals surface area contributed by atoms with Crippen LogP contribution in [0.15, 0.2) is 30.3 Å². The van der Waals surface area contributed by atoms with Gasteiger partial charge in [-0.2, -0.15) is 10.4 Å². The van der Waals surface area contributed by atoms with E-state index in [9.17, 15) is 5.26 Å². The molecule has 0 saturated carbocycles. The van der Waals surface area contributed by atoms with Crippen LogP contribution >= 0.6 is 0 Å². The molecule has 5 nitrogen and oxygen atoms in total. The fourth-order valence-electron chi connectivity index (χ4n) is 4.19. The number of benzene rings is 1. The van der Waals surface area contributed by atoms with E-state index in [1.807, 2.05) is 13.8 Å². The van der Waals surface area contributed by atoms with Crippen molar-refractivity contribution in [3.8, 4) is 6.07 Å². The van der Waals surface area contributed by atoms with E-state index in [-0.39, 0.29) is 0 Å². The molecule has 0 amide bonds. The van der Waals surface area contributed by atoms with Gasteiger partial charge in [0.15, 0.2) is 5.82 Å².